The number of nitrogens with one attached hydrogen (secondary N) is 2. The minimum atomic E-state index is -3.85. The number of sulfonamides is 1. The first kappa shape index (κ1) is 17.3. The second-order valence-electron chi connectivity index (χ2n) is 6.10. The molecule has 1 aromatic heterocycles. The molecule has 2 N–H and O–H groups in total. The van der Waals surface area contributed by atoms with Gasteiger partial charge in [-0.25, -0.2) is 13.1 Å². The topological polar surface area (TPSA) is 126 Å². The van der Waals surface area contributed by atoms with E-state index in [4.69, 9.17) is 0 Å². The molecule has 2 aromatic rings. The number of hydrogen-bond acceptors (Lipinski definition) is 6. The third kappa shape index (κ3) is 2.98. The van der Waals surface area contributed by atoms with Crippen LogP contribution in [0.2, 0.25) is 0 Å². The Balaban J connectivity index is 1.44. The van der Waals surface area contributed by atoms with Crippen LogP contribution in [0.4, 0.5) is 5.69 Å². The first-order valence-corrected chi connectivity index (χ1v) is 9.59. The van der Waals surface area contributed by atoms with Gasteiger partial charge in [0.15, 0.2) is 0 Å². The zero-order valence-electron chi connectivity index (χ0n) is 13.9. The highest BCUT2D eigenvalue weighted by Crippen LogP contribution is 2.25. The average molecular weight is 386 g/mol. The molecular weight excluding hydrogens is 372 g/mol. The van der Waals surface area contributed by atoms with Gasteiger partial charge in [0.1, 0.15) is 5.69 Å². The van der Waals surface area contributed by atoms with Crippen LogP contribution in [0.15, 0.2) is 41.4 Å². The van der Waals surface area contributed by atoms with Crippen LogP contribution in [0.3, 0.4) is 0 Å². The summed E-state index contributed by atoms with van der Waals surface area (Å²) in [5.41, 5.74) is 1.48. The van der Waals surface area contributed by atoms with E-state index in [1.807, 2.05) is 0 Å². The maximum absolute atomic E-state index is 12.5. The number of carbonyl (C=O) groups excluding carboxylic acids is 3. The predicted molar refractivity (Wildman–Crippen MR) is 93.6 cm³/mol. The smallest absolute Gasteiger partial charge is 0.280 e. The van der Waals surface area contributed by atoms with Crippen LogP contribution in [0.1, 0.15) is 26.4 Å². The van der Waals surface area contributed by atoms with Crippen molar-refractivity contribution >= 4 is 33.4 Å². The standard InChI is InChI=1S/C17H14N4O5S/c22-14-9-10-8-11(3-4-13(10)20-14)27(25,26)19-6-7-21-16(23)12-2-1-5-18-15(12)17(21)24/h1-5,8,19H,6-7,9H2,(H,20,22). The molecule has 0 bridgehead atoms. The first-order chi connectivity index (χ1) is 12.9. The summed E-state index contributed by atoms with van der Waals surface area (Å²) in [7, 11) is -3.85. The number of pyridine rings is 1. The zero-order chi connectivity index (χ0) is 19.2. The molecule has 0 unspecified atom stereocenters. The Morgan fingerprint density at radius 3 is 2.74 bits per heavy atom. The van der Waals surface area contributed by atoms with Crippen molar-refractivity contribution in [2.75, 3.05) is 18.4 Å². The van der Waals surface area contributed by atoms with Crippen molar-refractivity contribution < 1.29 is 22.8 Å². The molecule has 0 fully saturated rings. The zero-order valence-corrected chi connectivity index (χ0v) is 14.7. The summed E-state index contributed by atoms with van der Waals surface area (Å²) >= 11 is 0. The molecule has 10 heteroatoms. The largest absolute Gasteiger partial charge is 0.326 e. The second-order valence-corrected chi connectivity index (χ2v) is 7.87. The molecule has 0 radical (unpaired) electrons. The minimum Gasteiger partial charge on any atom is -0.326 e. The number of carbonyl (C=O) groups is 3. The van der Waals surface area contributed by atoms with Gasteiger partial charge in [-0.15, -0.1) is 0 Å². The number of imide groups is 1. The molecule has 27 heavy (non-hydrogen) atoms. The van der Waals surface area contributed by atoms with Gasteiger partial charge in [-0.1, -0.05) is 0 Å². The number of aromatic nitrogens is 1. The number of benzene rings is 1. The van der Waals surface area contributed by atoms with Crippen molar-refractivity contribution in [1.82, 2.24) is 14.6 Å². The molecule has 2 aliphatic rings. The Hall–Kier alpha value is -3.11. The SMILES string of the molecule is O=C1Cc2cc(S(=O)(=O)NCCN3C(=O)c4cccnc4C3=O)ccc2N1. The number of anilines is 1. The summed E-state index contributed by atoms with van der Waals surface area (Å²) in [5.74, 6) is -1.23. The molecule has 0 saturated heterocycles. The van der Waals surface area contributed by atoms with Crippen LogP contribution < -0.4 is 10.0 Å². The molecule has 3 heterocycles. The van der Waals surface area contributed by atoms with Crippen molar-refractivity contribution in [3.8, 4) is 0 Å². The minimum absolute atomic E-state index is 0.0155. The van der Waals surface area contributed by atoms with Crippen molar-refractivity contribution in [2.24, 2.45) is 0 Å². The van der Waals surface area contributed by atoms with Crippen LogP contribution in [-0.4, -0.2) is 49.1 Å². The molecule has 9 nitrogen and oxygen atoms in total. The predicted octanol–water partition coefficient (Wildman–Crippen LogP) is 0.151. The highest BCUT2D eigenvalue weighted by Gasteiger charge is 2.36. The van der Waals surface area contributed by atoms with Crippen LogP contribution in [0.25, 0.3) is 0 Å². The lowest BCUT2D eigenvalue weighted by Gasteiger charge is -2.14. The lowest BCUT2D eigenvalue weighted by molar-refractivity contribution is -0.115. The first-order valence-electron chi connectivity index (χ1n) is 8.10. The highest BCUT2D eigenvalue weighted by molar-refractivity contribution is 7.89. The van der Waals surface area contributed by atoms with Crippen molar-refractivity contribution in [3.05, 3.63) is 53.3 Å². The third-order valence-electron chi connectivity index (χ3n) is 4.37. The van der Waals surface area contributed by atoms with Crippen molar-refractivity contribution in [3.63, 3.8) is 0 Å². The van der Waals surface area contributed by atoms with Crippen molar-refractivity contribution in [2.45, 2.75) is 11.3 Å². The average Bonchev–Trinajstić information content (AvgIpc) is 3.13. The Labute approximate surface area is 154 Å². The van der Waals surface area contributed by atoms with Gasteiger partial charge in [-0.05, 0) is 35.9 Å². The molecule has 3 amide bonds. The third-order valence-corrected chi connectivity index (χ3v) is 5.83. The Kier molecular flexibility index (Phi) is 4.01. The maximum atomic E-state index is 12.5. The van der Waals surface area contributed by atoms with Gasteiger partial charge in [-0.2, -0.15) is 0 Å². The molecule has 0 aliphatic carbocycles. The number of hydrogen-bond donors (Lipinski definition) is 2. The van der Waals surface area contributed by atoms with Crippen LogP contribution >= 0.6 is 0 Å². The van der Waals surface area contributed by atoms with Gasteiger partial charge >= 0.3 is 0 Å². The van der Waals surface area contributed by atoms with E-state index in [1.165, 1.54) is 30.5 Å². The molecule has 4 rings (SSSR count). The Morgan fingerprint density at radius 2 is 1.96 bits per heavy atom. The van der Waals surface area contributed by atoms with Gasteiger partial charge in [0.2, 0.25) is 15.9 Å². The number of rotatable bonds is 5. The molecule has 1 aromatic carbocycles. The fourth-order valence-electron chi connectivity index (χ4n) is 3.06. The molecule has 0 atom stereocenters. The van der Waals surface area contributed by atoms with Crippen LogP contribution in [-0.2, 0) is 21.2 Å². The van der Waals surface area contributed by atoms with E-state index in [0.717, 1.165) is 4.90 Å². The Morgan fingerprint density at radius 1 is 1.15 bits per heavy atom. The quantitative estimate of drug-likeness (QED) is 0.705. The van der Waals surface area contributed by atoms with Gasteiger partial charge in [0.25, 0.3) is 11.8 Å². The summed E-state index contributed by atoms with van der Waals surface area (Å²) in [5, 5.41) is 2.63. The molecule has 138 valence electrons. The van der Waals surface area contributed by atoms with Crippen LogP contribution in [0, 0.1) is 0 Å². The van der Waals surface area contributed by atoms with Crippen molar-refractivity contribution in [1.29, 1.82) is 0 Å². The molecule has 0 saturated carbocycles. The molecule has 0 spiro atoms. The number of nitrogens with zero attached hydrogens (tertiary/aromatic N) is 2. The van der Waals surface area contributed by atoms with Gasteiger partial charge < -0.3 is 5.32 Å². The second kappa shape index (κ2) is 6.25. The fourth-order valence-corrected chi connectivity index (χ4v) is 4.14. The summed E-state index contributed by atoms with van der Waals surface area (Å²) in [6.45, 7) is -0.250. The number of fused-ring (bicyclic) bond motifs is 2. The van der Waals surface area contributed by atoms with E-state index in [0.29, 0.717) is 11.3 Å². The van der Waals surface area contributed by atoms with Gasteiger partial charge in [0.05, 0.1) is 16.9 Å². The van der Waals surface area contributed by atoms with Gasteiger partial charge in [-0.3, -0.25) is 24.3 Å². The fraction of sp³-hybridized carbons (Fsp3) is 0.176. The van der Waals surface area contributed by atoms with E-state index in [-0.39, 0.29) is 41.6 Å². The summed E-state index contributed by atoms with van der Waals surface area (Å²) in [4.78, 5) is 40.7. The normalized spacial score (nSPS) is 15.7. The highest BCUT2D eigenvalue weighted by atomic mass is 32.2. The van der Waals surface area contributed by atoms with E-state index in [9.17, 15) is 22.8 Å². The van der Waals surface area contributed by atoms with E-state index in [1.54, 1.807) is 6.07 Å². The Bertz CT molecular complexity index is 1060. The maximum Gasteiger partial charge on any atom is 0.280 e. The summed E-state index contributed by atoms with van der Waals surface area (Å²) in [6, 6.07) is 7.42. The lowest BCUT2D eigenvalue weighted by Crippen LogP contribution is -2.38. The van der Waals surface area contributed by atoms with Crippen LogP contribution in [0.5, 0.6) is 0 Å². The lowest BCUT2D eigenvalue weighted by atomic mass is 10.2. The van der Waals surface area contributed by atoms with Gasteiger partial charge in [0, 0.05) is 25.0 Å². The monoisotopic (exact) mass is 386 g/mol. The van der Waals surface area contributed by atoms with E-state index >= 15 is 0 Å². The number of amides is 3. The molecule has 2 aliphatic heterocycles. The summed E-state index contributed by atoms with van der Waals surface area (Å²) in [6.07, 6.45) is 1.55. The van der Waals surface area contributed by atoms with E-state index in [2.05, 4.69) is 15.0 Å². The summed E-state index contributed by atoms with van der Waals surface area (Å²) < 4.78 is 27.3. The van der Waals surface area contributed by atoms with E-state index < -0.39 is 21.8 Å². The molecular formula is C17H14N4O5S.